The summed E-state index contributed by atoms with van der Waals surface area (Å²) in [5.41, 5.74) is 5.21. The van der Waals surface area contributed by atoms with E-state index in [0.717, 1.165) is 0 Å². The average Bonchev–Trinajstić information content (AvgIpc) is 2.16. The molecule has 0 aliphatic carbocycles. The highest BCUT2D eigenvalue weighted by atomic mass is 32.2. The van der Waals surface area contributed by atoms with Crippen LogP contribution in [0.1, 0.15) is 27.2 Å². The summed E-state index contributed by atoms with van der Waals surface area (Å²) in [5.74, 6) is 0.0323. The Morgan fingerprint density at radius 3 is 2.31 bits per heavy atom. The van der Waals surface area contributed by atoms with Crippen molar-refractivity contribution in [2.24, 2.45) is 11.7 Å². The van der Waals surface area contributed by atoms with Crippen LogP contribution in [-0.2, 0) is 14.6 Å². The summed E-state index contributed by atoms with van der Waals surface area (Å²) in [6, 6.07) is -0.385. The van der Waals surface area contributed by atoms with E-state index in [0.29, 0.717) is 13.0 Å². The fourth-order valence-corrected chi connectivity index (χ4v) is 2.23. The summed E-state index contributed by atoms with van der Waals surface area (Å²) in [4.78, 5) is 11.0. The highest BCUT2D eigenvalue weighted by Crippen LogP contribution is 2.01. The molecular formula is C10H22N2O3S. The highest BCUT2D eigenvalue weighted by molar-refractivity contribution is 7.91. The summed E-state index contributed by atoms with van der Waals surface area (Å²) < 4.78 is 22.4. The molecule has 0 aromatic heterocycles. The van der Waals surface area contributed by atoms with Gasteiger partial charge in [-0.05, 0) is 18.9 Å². The Kier molecular flexibility index (Phi) is 6.59. The normalized spacial score (nSPS) is 14.0. The van der Waals surface area contributed by atoms with Gasteiger partial charge in [0.1, 0.15) is 9.84 Å². The van der Waals surface area contributed by atoms with Crippen LogP contribution < -0.4 is 11.1 Å². The van der Waals surface area contributed by atoms with Crippen LogP contribution in [0.15, 0.2) is 0 Å². The van der Waals surface area contributed by atoms with Crippen LogP contribution in [0.4, 0.5) is 0 Å². The third kappa shape index (κ3) is 6.07. The fourth-order valence-electron chi connectivity index (χ4n) is 1.36. The van der Waals surface area contributed by atoms with Crippen LogP contribution >= 0.6 is 0 Å². The molecule has 3 N–H and O–H groups in total. The number of hydrogen-bond donors (Lipinski definition) is 2. The molecule has 1 amide bonds. The largest absolute Gasteiger partial charge is 0.368 e. The standard InChI is InChI=1S/C10H22N2O3S/c1-4-16(14,15)7-5-6-12-9(8(2)3)10(11)13/h8-9,12H,4-7H2,1-3H3,(H2,11,13). The van der Waals surface area contributed by atoms with Crippen LogP contribution in [0.25, 0.3) is 0 Å². The molecule has 0 aliphatic rings. The zero-order valence-electron chi connectivity index (χ0n) is 10.2. The molecule has 6 heteroatoms. The van der Waals surface area contributed by atoms with E-state index in [1.165, 1.54) is 0 Å². The monoisotopic (exact) mass is 250 g/mol. The third-order valence-corrected chi connectivity index (χ3v) is 4.20. The van der Waals surface area contributed by atoms with Crippen molar-refractivity contribution in [2.45, 2.75) is 33.2 Å². The predicted octanol–water partition coefficient (Wildman–Crippen LogP) is -0.0893. The number of hydrogen-bond acceptors (Lipinski definition) is 4. The van der Waals surface area contributed by atoms with Crippen molar-refractivity contribution in [3.63, 3.8) is 0 Å². The summed E-state index contributed by atoms with van der Waals surface area (Å²) in [7, 11) is -2.91. The van der Waals surface area contributed by atoms with Crippen LogP contribution in [0.2, 0.25) is 0 Å². The second-order valence-corrected chi connectivity index (χ2v) is 6.64. The average molecular weight is 250 g/mol. The highest BCUT2D eigenvalue weighted by Gasteiger charge is 2.18. The van der Waals surface area contributed by atoms with Crippen molar-refractivity contribution in [1.82, 2.24) is 5.32 Å². The van der Waals surface area contributed by atoms with Crippen LogP contribution in [0.5, 0.6) is 0 Å². The maximum Gasteiger partial charge on any atom is 0.234 e. The van der Waals surface area contributed by atoms with Crippen molar-refractivity contribution >= 4 is 15.7 Å². The topological polar surface area (TPSA) is 89.3 Å². The Bertz CT molecular complexity index is 312. The molecule has 0 aromatic rings. The molecule has 0 heterocycles. The first-order chi connectivity index (χ1) is 7.30. The Balaban J connectivity index is 3.93. The van der Waals surface area contributed by atoms with Gasteiger partial charge in [0.25, 0.3) is 0 Å². The lowest BCUT2D eigenvalue weighted by Gasteiger charge is -2.18. The van der Waals surface area contributed by atoms with E-state index in [-0.39, 0.29) is 23.5 Å². The molecule has 5 nitrogen and oxygen atoms in total. The molecule has 0 bridgehead atoms. The second kappa shape index (κ2) is 6.85. The molecule has 1 atom stereocenters. The molecule has 1 unspecified atom stereocenters. The first kappa shape index (κ1) is 15.4. The minimum atomic E-state index is -2.91. The maximum absolute atomic E-state index is 11.2. The molecule has 0 saturated carbocycles. The van der Waals surface area contributed by atoms with Crippen molar-refractivity contribution < 1.29 is 13.2 Å². The van der Waals surface area contributed by atoms with E-state index in [1.54, 1.807) is 6.92 Å². The first-order valence-corrected chi connectivity index (χ1v) is 7.35. The molecule has 0 aliphatic heterocycles. The molecule has 0 saturated heterocycles. The van der Waals surface area contributed by atoms with Gasteiger partial charge in [-0.25, -0.2) is 8.42 Å². The molecular weight excluding hydrogens is 228 g/mol. The molecule has 0 radical (unpaired) electrons. The molecule has 0 spiro atoms. The van der Waals surface area contributed by atoms with Gasteiger partial charge in [-0.1, -0.05) is 20.8 Å². The van der Waals surface area contributed by atoms with Crippen molar-refractivity contribution in [1.29, 1.82) is 0 Å². The van der Waals surface area contributed by atoms with Crippen LogP contribution in [0, 0.1) is 5.92 Å². The van der Waals surface area contributed by atoms with E-state index in [9.17, 15) is 13.2 Å². The number of primary amides is 1. The maximum atomic E-state index is 11.2. The zero-order chi connectivity index (χ0) is 12.8. The minimum Gasteiger partial charge on any atom is -0.368 e. The van der Waals surface area contributed by atoms with Gasteiger partial charge in [-0.2, -0.15) is 0 Å². The molecule has 0 fully saturated rings. The van der Waals surface area contributed by atoms with E-state index in [2.05, 4.69) is 5.32 Å². The molecule has 96 valence electrons. The number of sulfone groups is 1. The molecule has 16 heavy (non-hydrogen) atoms. The Hall–Kier alpha value is -0.620. The van der Waals surface area contributed by atoms with E-state index in [1.807, 2.05) is 13.8 Å². The lowest BCUT2D eigenvalue weighted by Crippen LogP contribution is -2.45. The van der Waals surface area contributed by atoms with Gasteiger partial charge >= 0.3 is 0 Å². The lowest BCUT2D eigenvalue weighted by atomic mass is 10.0. The van der Waals surface area contributed by atoms with Gasteiger partial charge in [-0.15, -0.1) is 0 Å². The summed E-state index contributed by atoms with van der Waals surface area (Å²) in [6.07, 6.45) is 0.507. The molecule has 0 aromatic carbocycles. The van der Waals surface area contributed by atoms with Crippen LogP contribution in [-0.4, -0.2) is 38.4 Å². The van der Waals surface area contributed by atoms with Gasteiger partial charge in [0.05, 0.1) is 11.8 Å². The van der Waals surface area contributed by atoms with E-state index >= 15 is 0 Å². The van der Waals surface area contributed by atoms with E-state index < -0.39 is 15.7 Å². The van der Waals surface area contributed by atoms with Gasteiger partial charge < -0.3 is 11.1 Å². The second-order valence-electron chi connectivity index (χ2n) is 4.17. The smallest absolute Gasteiger partial charge is 0.234 e. The minimum absolute atomic E-state index is 0.111. The number of carbonyl (C=O) groups is 1. The number of nitrogens with one attached hydrogen (secondary N) is 1. The van der Waals surface area contributed by atoms with Gasteiger partial charge in [0, 0.05) is 5.75 Å². The Morgan fingerprint density at radius 2 is 1.94 bits per heavy atom. The van der Waals surface area contributed by atoms with Gasteiger partial charge in [0.2, 0.25) is 5.91 Å². The lowest BCUT2D eigenvalue weighted by molar-refractivity contribution is -0.120. The predicted molar refractivity (Wildman–Crippen MR) is 64.8 cm³/mol. The van der Waals surface area contributed by atoms with E-state index in [4.69, 9.17) is 5.73 Å². The fraction of sp³-hybridized carbons (Fsp3) is 0.900. The van der Waals surface area contributed by atoms with Crippen molar-refractivity contribution in [2.75, 3.05) is 18.1 Å². The zero-order valence-corrected chi connectivity index (χ0v) is 11.0. The quantitative estimate of drug-likeness (QED) is 0.589. The summed E-state index contributed by atoms with van der Waals surface area (Å²) in [5, 5.41) is 2.98. The van der Waals surface area contributed by atoms with Crippen molar-refractivity contribution in [3.8, 4) is 0 Å². The number of carbonyl (C=O) groups excluding carboxylic acids is 1. The van der Waals surface area contributed by atoms with Crippen LogP contribution in [0.3, 0.4) is 0 Å². The number of nitrogens with two attached hydrogens (primary N) is 1. The van der Waals surface area contributed by atoms with Crippen molar-refractivity contribution in [3.05, 3.63) is 0 Å². The molecule has 0 rings (SSSR count). The number of amides is 1. The Labute approximate surface area is 97.7 Å². The third-order valence-electron chi connectivity index (χ3n) is 2.41. The summed E-state index contributed by atoms with van der Waals surface area (Å²) in [6.45, 7) is 5.91. The number of rotatable bonds is 8. The first-order valence-electron chi connectivity index (χ1n) is 5.53. The van der Waals surface area contributed by atoms with Gasteiger partial charge in [-0.3, -0.25) is 4.79 Å². The summed E-state index contributed by atoms with van der Waals surface area (Å²) >= 11 is 0. The Morgan fingerprint density at radius 1 is 1.38 bits per heavy atom. The SMILES string of the molecule is CCS(=O)(=O)CCCNC(C(N)=O)C(C)C. The van der Waals surface area contributed by atoms with Gasteiger partial charge in [0.15, 0.2) is 0 Å².